The number of hydrogen-bond acceptors (Lipinski definition) is 16. The van der Waals surface area contributed by atoms with E-state index in [0.717, 1.165) is 46.5 Å². The molecule has 2 saturated heterocycles. The molecule has 0 radical (unpaired) electrons. The number of halogens is 4. The summed E-state index contributed by atoms with van der Waals surface area (Å²) in [6, 6.07) is 38.4. The molecule has 4 N–H and O–H groups in total. The predicted molar refractivity (Wildman–Crippen MR) is 312 cm³/mol. The van der Waals surface area contributed by atoms with Gasteiger partial charge in [0.2, 0.25) is 0 Å². The fourth-order valence-corrected chi connectivity index (χ4v) is 12.2. The van der Waals surface area contributed by atoms with Gasteiger partial charge in [-0.15, -0.1) is 23.5 Å². The van der Waals surface area contributed by atoms with Gasteiger partial charge in [0.25, 0.3) is 11.8 Å². The molecular formula is C62H58F4N10O8S2. The Balaban J connectivity index is 0.000000205. The zero-order chi connectivity index (χ0) is 60.8. The van der Waals surface area contributed by atoms with Crippen LogP contribution in [0.25, 0.3) is 0 Å². The number of hydrogen-bond donors (Lipinski definition) is 4. The van der Waals surface area contributed by atoms with E-state index < -0.39 is 57.6 Å². The second-order valence-corrected chi connectivity index (χ2v) is 23.6. The molecule has 10 rings (SSSR count). The van der Waals surface area contributed by atoms with Crippen molar-refractivity contribution in [2.75, 3.05) is 37.1 Å². The Kier molecular flexibility index (Phi) is 20.8. The molecule has 4 heterocycles. The van der Waals surface area contributed by atoms with Crippen molar-refractivity contribution in [2.24, 2.45) is 0 Å². The number of anilines is 2. The van der Waals surface area contributed by atoms with Gasteiger partial charge in [0.15, 0.2) is 12.6 Å². The molecule has 0 unspecified atom stereocenters. The van der Waals surface area contributed by atoms with Crippen LogP contribution in [-0.2, 0) is 56.1 Å². The molecule has 444 valence electrons. The van der Waals surface area contributed by atoms with Gasteiger partial charge >= 0.3 is 0 Å². The van der Waals surface area contributed by atoms with Crippen molar-refractivity contribution in [3.05, 3.63) is 227 Å². The number of aromatic nitrogens is 6. The van der Waals surface area contributed by atoms with Crippen LogP contribution in [0.2, 0.25) is 0 Å². The van der Waals surface area contributed by atoms with Crippen LogP contribution in [0.4, 0.5) is 28.9 Å². The molecule has 0 bridgehead atoms. The lowest BCUT2D eigenvalue weighted by atomic mass is 9.90. The summed E-state index contributed by atoms with van der Waals surface area (Å²) in [5, 5.41) is 53.4. The highest BCUT2D eigenvalue weighted by Crippen LogP contribution is 2.42. The maximum absolute atomic E-state index is 14.8. The topological polar surface area (TPSA) is 245 Å². The van der Waals surface area contributed by atoms with E-state index in [1.165, 1.54) is 70.3 Å². The van der Waals surface area contributed by atoms with Crippen molar-refractivity contribution >= 4 is 46.7 Å². The molecular weight excluding hydrogens is 1150 g/mol. The zero-order valence-corrected chi connectivity index (χ0v) is 48.0. The van der Waals surface area contributed by atoms with Gasteiger partial charge in [-0.3, -0.25) is 9.59 Å². The number of carbonyl (C=O) groups excluding carboxylic acids is 2. The number of ether oxygens (including phenoxy) is 4. The van der Waals surface area contributed by atoms with Gasteiger partial charge in [-0.25, -0.2) is 36.9 Å². The molecule has 2 aliphatic heterocycles. The Bertz CT molecular complexity index is 3390. The van der Waals surface area contributed by atoms with Crippen molar-refractivity contribution in [2.45, 2.75) is 84.6 Å². The monoisotopic (exact) mass is 1210 g/mol. The Hall–Kier alpha value is -8.30. The average molecular weight is 1210 g/mol. The number of amides is 2. The maximum Gasteiger partial charge on any atom is 0.255 e. The quantitative estimate of drug-likeness (QED) is 0.0519. The number of nitrogens with one attached hydrogen (secondary N) is 2. The molecule has 6 aromatic carbocycles. The first-order valence-corrected chi connectivity index (χ1v) is 28.9. The van der Waals surface area contributed by atoms with Crippen LogP contribution in [0.15, 0.2) is 159 Å². The largest absolute Gasteiger partial charge is 0.382 e. The molecule has 0 aliphatic carbocycles. The number of thioether (sulfide) groups is 2. The molecule has 24 heteroatoms. The molecule has 18 nitrogen and oxygen atoms in total. The second-order valence-electron chi connectivity index (χ2n) is 20.3. The lowest BCUT2D eigenvalue weighted by Crippen LogP contribution is -2.43. The third kappa shape index (κ3) is 15.8. The maximum atomic E-state index is 14.8. The highest BCUT2D eigenvalue weighted by atomic mass is 32.2. The van der Waals surface area contributed by atoms with Crippen LogP contribution >= 0.6 is 23.5 Å². The number of nitrogens with zero attached hydrogens (tertiary/aromatic N) is 8. The van der Waals surface area contributed by atoms with E-state index in [1.807, 2.05) is 0 Å². The molecule has 2 aliphatic rings. The van der Waals surface area contributed by atoms with Crippen LogP contribution in [0, 0.1) is 45.9 Å². The van der Waals surface area contributed by atoms with E-state index in [4.69, 9.17) is 29.5 Å². The number of nitriles is 2. The molecule has 0 spiro atoms. The highest BCUT2D eigenvalue weighted by molar-refractivity contribution is 8.00. The van der Waals surface area contributed by atoms with Crippen LogP contribution in [0.3, 0.4) is 0 Å². The Morgan fingerprint density at radius 2 is 0.942 bits per heavy atom. The number of rotatable bonds is 20. The molecule has 4 atom stereocenters. The van der Waals surface area contributed by atoms with E-state index in [2.05, 4.69) is 42.9 Å². The van der Waals surface area contributed by atoms with Gasteiger partial charge in [-0.1, -0.05) is 74.5 Å². The van der Waals surface area contributed by atoms with E-state index in [-0.39, 0.29) is 46.5 Å². The first-order valence-electron chi connectivity index (χ1n) is 27.0. The summed E-state index contributed by atoms with van der Waals surface area (Å²) in [5.41, 5.74) is 1.85. The predicted octanol–water partition coefficient (Wildman–Crippen LogP) is 10.00. The lowest BCUT2D eigenvalue weighted by molar-refractivity contribution is -0.180. The lowest BCUT2D eigenvalue weighted by Gasteiger charge is -2.37. The standard InChI is InChI=1S/2C31H29F2N5O4S/c2*1-20(31(40,17-38-19-35-18-36-38)27-11-8-24(32)14-28(27)33)43-26-15-41-30(42-16-26)23-6-4-22(5-7-23)29(39)37-25-9-2-21(3-10-25)12-13-34/h2*2-11,14,18-20,26,30,40H,12,15-17H2,1H3,(H,37,39)/t2*20-,26?,30?,31-/m11/s1. The fraction of sp³-hybridized carbons (Fsp3) is 0.290. The Labute approximate surface area is 501 Å². The number of carbonyl (C=O) groups is 2. The minimum Gasteiger partial charge on any atom is -0.382 e. The van der Waals surface area contributed by atoms with Crippen molar-refractivity contribution in [1.82, 2.24) is 29.5 Å². The second kappa shape index (κ2) is 28.7. The molecule has 0 saturated carbocycles. The van der Waals surface area contributed by atoms with Gasteiger partial charge in [0, 0.05) is 67.4 Å². The number of benzene rings is 6. The molecule has 2 amide bonds. The summed E-state index contributed by atoms with van der Waals surface area (Å²) >= 11 is 2.75. The first kappa shape index (κ1) is 62.2. The van der Waals surface area contributed by atoms with Crippen molar-refractivity contribution < 1.29 is 56.3 Å². The first-order chi connectivity index (χ1) is 41.5. The minimum atomic E-state index is -1.73. The molecule has 8 aromatic rings. The summed E-state index contributed by atoms with van der Waals surface area (Å²) in [6.45, 7) is 4.55. The van der Waals surface area contributed by atoms with Gasteiger partial charge in [-0.2, -0.15) is 20.7 Å². The Morgan fingerprint density at radius 1 is 0.581 bits per heavy atom. The van der Waals surface area contributed by atoms with Gasteiger partial charge in [0.05, 0.1) is 75.0 Å². The summed E-state index contributed by atoms with van der Waals surface area (Å²) in [7, 11) is 0. The fourth-order valence-electron chi connectivity index (χ4n) is 9.57. The van der Waals surface area contributed by atoms with E-state index >= 15 is 0 Å². The minimum absolute atomic E-state index is 0.0416. The van der Waals surface area contributed by atoms with Crippen molar-refractivity contribution in [3.8, 4) is 12.1 Å². The van der Waals surface area contributed by atoms with Gasteiger partial charge in [-0.05, 0) is 71.8 Å². The summed E-state index contributed by atoms with van der Waals surface area (Å²) in [6.07, 6.45) is 4.82. The molecule has 2 fully saturated rings. The van der Waals surface area contributed by atoms with E-state index in [1.54, 1.807) is 111 Å². The van der Waals surface area contributed by atoms with E-state index in [0.29, 0.717) is 61.8 Å². The molecule has 2 aromatic heterocycles. The van der Waals surface area contributed by atoms with E-state index in [9.17, 15) is 37.4 Å². The van der Waals surface area contributed by atoms with Crippen molar-refractivity contribution in [1.29, 1.82) is 10.5 Å². The smallest absolute Gasteiger partial charge is 0.255 e. The van der Waals surface area contributed by atoms with Crippen LogP contribution < -0.4 is 10.6 Å². The average Bonchev–Trinajstić information content (AvgIpc) is 2.17. The third-order valence-electron chi connectivity index (χ3n) is 14.3. The third-order valence-corrected chi connectivity index (χ3v) is 17.2. The summed E-state index contributed by atoms with van der Waals surface area (Å²) < 4.78 is 83.6. The number of aliphatic hydroxyl groups is 2. The Morgan fingerprint density at radius 3 is 1.26 bits per heavy atom. The normalized spacial score (nSPS) is 18.8. The van der Waals surface area contributed by atoms with Crippen LogP contribution in [0.5, 0.6) is 0 Å². The SMILES string of the molecule is C[C@@H](SC1COC(c2ccc(C(=O)Nc3ccc(CC#N)cc3)cc2)OC1)[C@](O)(Cn1cncn1)c1ccc(F)cc1F.C[C@@H](SC1COC(c2ccc(C(=O)Nc3ccc(CC#N)cc3)cc2)OC1)[C@](O)(Cn1cncn1)c1ccc(F)cc1F. The summed E-state index contributed by atoms with van der Waals surface area (Å²) in [5.74, 6) is -3.71. The van der Waals surface area contributed by atoms with Crippen LogP contribution in [-0.4, -0.2) is 99.0 Å². The highest BCUT2D eigenvalue weighted by Gasteiger charge is 2.43. The summed E-state index contributed by atoms with van der Waals surface area (Å²) in [4.78, 5) is 33.2. The van der Waals surface area contributed by atoms with Crippen LogP contribution in [0.1, 0.15) is 80.5 Å². The van der Waals surface area contributed by atoms with Crippen molar-refractivity contribution in [3.63, 3.8) is 0 Å². The van der Waals surface area contributed by atoms with Gasteiger partial charge in [0.1, 0.15) is 59.8 Å². The molecule has 86 heavy (non-hydrogen) atoms. The van der Waals surface area contributed by atoms with Gasteiger partial charge < -0.3 is 39.8 Å². The zero-order valence-electron chi connectivity index (χ0n) is 46.4.